The Morgan fingerprint density at radius 2 is 2.42 bits per heavy atom. The fourth-order valence-electron chi connectivity index (χ4n) is 0.568. The molecule has 0 aliphatic carbocycles. The first-order valence-electron chi connectivity index (χ1n) is 3.18. The third kappa shape index (κ3) is 2.20. The molecule has 0 unspecified atom stereocenters. The summed E-state index contributed by atoms with van der Waals surface area (Å²) in [5, 5.41) is 17.5. The van der Waals surface area contributed by atoms with Crippen LogP contribution in [0.1, 0.15) is 5.89 Å². The van der Waals surface area contributed by atoms with Gasteiger partial charge in [0.15, 0.2) is 0 Å². The van der Waals surface area contributed by atoms with Crippen LogP contribution < -0.4 is 11.1 Å². The number of amides is 1. The molecule has 0 bridgehead atoms. The maximum atomic E-state index is 10.5. The SMILES string of the molecule is Nc1nnc(CNC(=O)CO)o1. The second-order valence-electron chi connectivity index (χ2n) is 1.97. The lowest BCUT2D eigenvalue weighted by Crippen LogP contribution is -2.25. The van der Waals surface area contributed by atoms with Crippen LogP contribution in [0.25, 0.3) is 0 Å². The van der Waals surface area contributed by atoms with Gasteiger partial charge in [0.05, 0.1) is 6.54 Å². The fourth-order valence-corrected chi connectivity index (χ4v) is 0.568. The first kappa shape index (κ1) is 8.47. The number of carbonyl (C=O) groups excluding carboxylic acids is 1. The third-order valence-electron chi connectivity index (χ3n) is 1.06. The lowest BCUT2D eigenvalue weighted by molar-refractivity contribution is -0.124. The number of nitrogens with zero attached hydrogens (tertiary/aromatic N) is 2. The molecule has 0 spiro atoms. The summed E-state index contributed by atoms with van der Waals surface area (Å²) in [6.45, 7) is -0.493. The van der Waals surface area contributed by atoms with Gasteiger partial charge in [-0.2, -0.15) is 0 Å². The molecule has 7 heteroatoms. The molecule has 0 saturated heterocycles. The van der Waals surface area contributed by atoms with Crippen molar-refractivity contribution >= 4 is 11.9 Å². The predicted molar refractivity (Wildman–Crippen MR) is 37.6 cm³/mol. The van der Waals surface area contributed by atoms with E-state index in [0.29, 0.717) is 0 Å². The minimum Gasteiger partial charge on any atom is -0.406 e. The highest BCUT2D eigenvalue weighted by Gasteiger charge is 2.03. The van der Waals surface area contributed by atoms with Crippen molar-refractivity contribution in [2.45, 2.75) is 6.54 Å². The molecule has 1 amide bonds. The van der Waals surface area contributed by atoms with Gasteiger partial charge in [-0.05, 0) is 0 Å². The van der Waals surface area contributed by atoms with Gasteiger partial charge in [-0.1, -0.05) is 5.10 Å². The molecule has 66 valence electrons. The molecule has 1 aromatic heterocycles. The number of aliphatic hydroxyl groups excluding tert-OH is 1. The monoisotopic (exact) mass is 172 g/mol. The fraction of sp³-hybridized carbons (Fsp3) is 0.400. The zero-order valence-electron chi connectivity index (χ0n) is 6.15. The number of nitrogens with one attached hydrogen (secondary N) is 1. The number of nitrogens with two attached hydrogens (primary N) is 1. The second kappa shape index (κ2) is 3.67. The summed E-state index contributed by atoms with van der Waals surface area (Å²) in [5.41, 5.74) is 5.12. The first-order valence-corrected chi connectivity index (χ1v) is 3.18. The van der Waals surface area contributed by atoms with Crippen LogP contribution in [0.2, 0.25) is 0 Å². The Morgan fingerprint density at radius 1 is 1.67 bits per heavy atom. The van der Waals surface area contributed by atoms with Crippen LogP contribution in [0.15, 0.2) is 4.42 Å². The topological polar surface area (TPSA) is 114 Å². The average molecular weight is 172 g/mol. The standard InChI is InChI=1S/C5H8N4O3/c6-5-9-8-4(12-5)1-7-3(11)2-10/h10H,1-2H2,(H2,6,9)(H,7,11). The Bertz CT molecular complexity index is 271. The highest BCUT2D eigenvalue weighted by molar-refractivity contribution is 5.76. The molecule has 4 N–H and O–H groups in total. The van der Waals surface area contributed by atoms with Gasteiger partial charge in [-0.25, -0.2) is 0 Å². The number of carbonyl (C=O) groups is 1. The maximum absolute atomic E-state index is 10.5. The molecule has 0 aliphatic heterocycles. The summed E-state index contributed by atoms with van der Waals surface area (Å²) in [4.78, 5) is 10.5. The Balaban J connectivity index is 2.38. The summed E-state index contributed by atoms with van der Waals surface area (Å²) in [6, 6.07) is -0.0525. The minimum absolute atomic E-state index is 0.0525. The molecule has 0 aliphatic rings. The van der Waals surface area contributed by atoms with E-state index in [1.165, 1.54) is 0 Å². The van der Waals surface area contributed by atoms with Crippen molar-refractivity contribution in [1.82, 2.24) is 15.5 Å². The molecule has 0 aromatic carbocycles. The number of hydrogen-bond acceptors (Lipinski definition) is 6. The molecule has 12 heavy (non-hydrogen) atoms. The highest BCUT2D eigenvalue weighted by atomic mass is 16.4. The van der Waals surface area contributed by atoms with E-state index in [-0.39, 0.29) is 18.5 Å². The number of nitrogen functional groups attached to an aromatic ring is 1. The Hall–Kier alpha value is -1.63. The number of rotatable bonds is 3. The van der Waals surface area contributed by atoms with Gasteiger partial charge >= 0.3 is 6.01 Å². The molecule has 1 rings (SSSR count). The van der Waals surface area contributed by atoms with Crippen LogP contribution in [0.4, 0.5) is 6.01 Å². The van der Waals surface area contributed by atoms with E-state index in [1.54, 1.807) is 0 Å². The van der Waals surface area contributed by atoms with Crippen molar-refractivity contribution in [2.24, 2.45) is 0 Å². The van der Waals surface area contributed by atoms with Crippen molar-refractivity contribution < 1.29 is 14.3 Å². The number of anilines is 1. The summed E-state index contributed by atoms with van der Waals surface area (Å²) in [5.74, 6) is -0.305. The van der Waals surface area contributed by atoms with Gasteiger partial charge in [0.25, 0.3) is 0 Å². The van der Waals surface area contributed by atoms with Crippen LogP contribution in [0, 0.1) is 0 Å². The number of hydrogen-bond donors (Lipinski definition) is 3. The van der Waals surface area contributed by atoms with E-state index < -0.39 is 12.5 Å². The molecular weight excluding hydrogens is 164 g/mol. The van der Waals surface area contributed by atoms with Crippen LogP contribution in [-0.2, 0) is 11.3 Å². The van der Waals surface area contributed by atoms with Crippen LogP contribution in [-0.4, -0.2) is 27.8 Å². The van der Waals surface area contributed by atoms with Crippen molar-refractivity contribution in [3.05, 3.63) is 5.89 Å². The predicted octanol–water partition coefficient (Wildman–Crippen LogP) is -1.74. The van der Waals surface area contributed by atoms with E-state index in [9.17, 15) is 4.79 Å². The molecular formula is C5H8N4O3. The average Bonchev–Trinajstić information content (AvgIpc) is 2.47. The highest BCUT2D eigenvalue weighted by Crippen LogP contribution is 1.98. The van der Waals surface area contributed by atoms with Crippen LogP contribution in [0.5, 0.6) is 0 Å². The zero-order valence-corrected chi connectivity index (χ0v) is 6.15. The Morgan fingerprint density at radius 3 is 2.92 bits per heavy atom. The first-order chi connectivity index (χ1) is 5.72. The number of aliphatic hydroxyl groups is 1. The van der Waals surface area contributed by atoms with Crippen LogP contribution in [0.3, 0.4) is 0 Å². The quantitative estimate of drug-likeness (QED) is 0.498. The summed E-state index contributed by atoms with van der Waals surface area (Å²) in [7, 11) is 0. The van der Waals surface area contributed by atoms with Crippen LogP contribution >= 0.6 is 0 Å². The molecule has 1 heterocycles. The van der Waals surface area contributed by atoms with Crippen molar-refractivity contribution in [1.29, 1.82) is 0 Å². The summed E-state index contributed by atoms with van der Waals surface area (Å²) >= 11 is 0. The summed E-state index contributed by atoms with van der Waals surface area (Å²) in [6.07, 6.45) is 0. The van der Waals surface area contributed by atoms with Gasteiger partial charge in [0, 0.05) is 0 Å². The van der Waals surface area contributed by atoms with E-state index in [0.717, 1.165) is 0 Å². The molecule has 0 atom stereocenters. The van der Waals surface area contributed by atoms with Crippen molar-refractivity contribution in [3.63, 3.8) is 0 Å². The van der Waals surface area contributed by atoms with E-state index >= 15 is 0 Å². The van der Waals surface area contributed by atoms with Crippen molar-refractivity contribution in [2.75, 3.05) is 12.3 Å². The molecule has 0 fully saturated rings. The Kier molecular flexibility index (Phi) is 2.59. The lowest BCUT2D eigenvalue weighted by atomic mass is 10.6. The smallest absolute Gasteiger partial charge is 0.312 e. The molecule has 7 nitrogen and oxygen atoms in total. The van der Waals surface area contributed by atoms with Gasteiger partial charge in [0.2, 0.25) is 11.8 Å². The maximum Gasteiger partial charge on any atom is 0.312 e. The van der Waals surface area contributed by atoms with Gasteiger partial charge in [-0.3, -0.25) is 4.79 Å². The Labute approximate surface area is 67.6 Å². The lowest BCUT2D eigenvalue weighted by Gasteiger charge is -1.96. The van der Waals surface area contributed by atoms with E-state index in [2.05, 4.69) is 15.5 Å². The largest absolute Gasteiger partial charge is 0.406 e. The zero-order chi connectivity index (χ0) is 8.97. The molecule has 0 saturated carbocycles. The van der Waals surface area contributed by atoms with E-state index in [1.807, 2.05) is 0 Å². The number of aromatic nitrogens is 2. The normalized spacial score (nSPS) is 9.75. The van der Waals surface area contributed by atoms with Gasteiger partial charge in [0.1, 0.15) is 6.61 Å². The third-order valence-corrected chi connectivity index (χ3v) is 1.06. The van der Waals surface area contributed by atoms with Crippen molar-refractivity contribution in [3.8, 4) is 0 Å². The van der Waals surface area contributed by atoms with Gasteiger partial charge in [-0.15, -0.1) is 5.10 Å². The molecule has 1 aromatic rings. The molecule has 0 radical (unpaired) electrons. The summed E-state index contributed by atoms with van der Waals surface area (Å²) < 4.78 is 4.74. The minimum atomic E-state index is -0.566. The van der Waals surface area contributed by atoms with E-state index in [4.69, 9.17) is 15.3 Å². The van der Waals surface area contributed by atoms with Gasteiger partial charge < -0.3 is 20.6 Å². The second-order valence-corrected chi connectivity index (χ2v) is 1.97.